The van der Waals surface area contributed by atoms with E-state index < -0.39 is 0 Å². The van der Waals surface area contributed by atoms with Gasteiger partial charge in [-0.05, 0) is 25.1 Å². The minimum absolute atomic E-state index is 0.116. The Morgan fingerprint density at radius 1 is 1.50 bits per heavy atom. The molecule has 1 aliphatic heterocycles. The molecular weight excluding hydrogens is 204 g/mol. The molecule has 1 aromatic carbocycles. The number of carbonyl (C=O) groups excluding carboxylic acids is 1. The van der Waals surface area contributed by atoms with Crippen molar-refractivity contribution in [1.82, 2.24) is 0 Å². The fraction of sp³-hybridized carbons (Fsp3) is 0.417. The molecule has 4 heteroatoms. The molecule has 86 valence electrons. The number of hydrogen-bond donors (Lipinski definition) is 1. The number of likely N-dealkylation sites (N-methyl/N-ethyl adjacent to an activating group) is 1. The normalized spacial score (nSPS) is 14.1. The molecule has 0 aromatic heterocycles. The van der Waals surface area contributed by atoms with E-state index in [4.69, 9.17) is 10.5 Å². The lowest BCUT2D eigenvalue weighted by molar-refractivity contribution is -0.117. The maximum absolute atomic E-state index is 11.6. The van der Waals surface area contributed by atoms with Crippen LogP contribution >= 0.6 is 0 Å². The predicted molar refractivity (Wildman–Crippen MR) is 62.7 cm³/mol. The first-order chi connectivity index (χ1) is 7.74. The van der Waals surface area contributed by atoms with Crippen molar-refractivity contribution in [1.29, 1.82) is 0 Å². The van der Waals surface area contributed by atoms with Gasteiger partial charge in [0, 0.05) is 12.6 Å². The molecular formula is C12H16N2O2. The molecule has 0 unspecified atom stereocenters. The molecule has 0 saturated heterocycles. The number of hydrogen-bond acceptors (Lipinski definition) is 3. The second kappa shape index (κ2) is 4.53. The third kappa shape index (κ3) is 1.88. The summed E-state index contributed by atoms with van der Waals surface area (Å²) < 4.78 is 5.63. The highest BCUT2D eigenvalue weighted by molar-refractivity contribution is 6.01. The predicted octanol–water partition coefficient (Wildman–Crippen LogP) is 0.933. The van der Waals surface area contributed by atoms with Crippen molar-refractivity contribution >= 4 is 11.6 Å². The molecule has 0 bridgehead atoms. The molecule has 0 spiro atoms. The topological polar surface area (TPSA) is 55.6 Å². The Hall–Kier alpha value is -1.55. The van der Waals surface area contributed by atoms with Crippen LogP contribution in [0.4, 0.5) is 5.69 Å². The van der Waals surface area contributed by atoms with Crippen molar-refractivity contribution in [3.8, 4) is 5.75 Å². The molecule has 0 fully saturated rings. The lowest BCUT2D eigenvalue weighted by Gasteiger charge is -2.12. The van der Waals surface area contributed by atoms with Gasteiger partial charge in [0.2, 0.25) is 5.91 Å². The molecule has 2 rings (SSSR count). The summed E-state index contributed by atoms with van der Waals surface area (Å²) in [4.78, 5) is 13.2. The van der Waals surface area contributed by atoms with Crippen LogP contribution in [0, 0.1) is 0 Å². The molecule has 1 aliphatic rings. The van der Waals surface area contributed by atoms with E-state index in [1.165, 1.54) is 0 Å². The zero-order valence-corrected chi connectivity index (χ0v) is 9.40. The summed E-state index contributed by atoms with van der Waals surface area (Å²) in [6.45, 7) is 1.22. The zero-order valence-electron chi connectivity index (χ0n) is 9.40. The van der Waals surface area contributed by atoms with Crippen molar-refractivity contribution < 1.29 is 9.53 Å². The molecule has 1 heterocycles. The number of rotatable bonds is 4. The van der Waals surface area contributed by atoms with Gasteiger partial charge in [0.05, 0.1) is 18.7 Å². The van der Waals surface area contributed by atoms with Crippen molar-refractivity contribution in [3.05, 3.63) is 23.8 Å². The fourth-order valence-electron chi connectivity index (χ4n) is 1.85. The van der Waals surface area contributed by atoms with Crippen LogP contribution < -0.4 is 15.4 Å². The third-order valence-corrected chi connectivity index (χ3v) is 2.78. The van der Waals surface area contributed by atoms with Crippen LogP contribution in [-0.2, 0) is 11.2 Å². The summed E-state index contributed by atoms with van der Waals surface area (Å²) in [6.07, 6.45) is 1.26. The van der Waals surface area contributed by atoms with E-state index in [0.29, 0.717) is 19.6 Å². The summed E-state index contributed by atoms with van der Waals surface area (Å²) in [5.74, 6) is 0.925. The van der Waals surface area contributed by atoms with Crippen LogP contribution in [0.2, 0.25) is 0 Å². The molecule has 1 amide bonds. The van der Waals surface area contributed by atoms with Crippen molar-refractivity contribution in [2.45, 2.75) is 12.8 Å². The van der Waals surface area contributed by atoms with Gasteiger partial charge in [-0.2, -0.15) is 0 Å². The van der Waals surface area contributed by atoms with E-state index in [-0.39, 0.29) is 5.91 Å². The van der Waals surface area contributed by atoms with E-state index in [1.807, 2.05) is 18.2 Å². The fourth-order valence-corrected chi connectivity index (χ4v) is 1.85. The molecule has 1 aromatic rings. The van der Waals surface area contributed by atoms with Crippen LogP contribution in [0.5, 0.6) is 5.75 Å². The average Bonchev–Trinajstić information content (AvgIpc) is 2.57. The second-order valence-corrected chi connectivity index (χ2v) is 3.87. The Labute approximate surface area is 95.0 Å². The number of nitrogens with two attached hydrogens (primary N) is 1. The van der Waals surface area contributed by atoms with Gasteiger partial charge in [0.1, 0.15) is 5.75 Å². The van der Waals surface area contributed by atoms with Gasteiger partial charge in [-0.3, -0.25) is 4.79 Å². The van der Waals surface area contributed by atoms with Crippen LogP contribution in [0.3, 0.4) is 0 Å². The standard InChI is InChI=1S/C12H16N2O2/c1-14-10-4-2-5-11(16-7-3-6-13)9(10)8-12(14)15/h2,4-5H,3,6-8,13H2,1H3. The van der Waals surface area contributed by atoms with E-state index in [1.54, 1.807) is 11.9 Å². The molecule has 0 saturated carbocycles. The highest BCUT2D eigenvalue weighted by Gasteiger charge is 2.26. The van der Waals surface area contributed by atoms with Gasteiger partial charge in [-0.1, -0.05) is 6.07 Å². The Balaban J connectivity index is 2.19. The van der Waals surface area contributed by atoms with Gasteiger partial charge in [-0.15, -0.1) is 0 Å². The van der Waals surface area contributed by atoms with E-state index in [9.17, 15) is 4.79 Å². The lowest BCUT2D eigenvalue weighted by Crippen LogP contribution is -2.20. The van der Waals surface area contributed by atoms with E-state index >= 15 is 0 Å². The maximum atomic E-state index is 11.6. The number of benzene rings is 1. The van der Waals surface area contributed by atoms with Gasteiger partial charge >= 0.3 is 0 Å². The summed E-state index contributed by atoms with van der Waals surface area (Å²) in [5.41, 5.74) is 7.35. The summed E-state index contributed by atoms with van der Waals surface area (Å²) in [5, 5.41) is 0. The minimum atomic E-state index is 0.116. The van der Waals surface area contributed by atoms with Gasteiger partial charge in [0.15, 0.2) is 0 Å². The lowest BCUT2D eigenvalue weighted by atomic mass is 10.1. The zero-order chi connectivity index (χ0) is 11.5. The smallest absolute Gasteiger partial charge is 0.231 e. The number of ether oxygens (including phenoxy) is 1. The quantitative estimate of drug-likeness (QED) is 0.768. The SMILES string of the molecule is CN1C(=O)Cc2c(OCCCN)cccc21. The Bertz CT molecular complexity index is 404. The molecule has 0 atom stereocenters. The number of carbonyl (C=O) groups is 1. The molecule has 2 N–H and O–H groups in total. The first-order valence-electron chi connectivity index (χ1n) is 5.45. The number of anilines is 1. The summed E-state index contributed by atoms with van der Waals surface area (Å²) >= 11 is 0. The number of nitrogens with zero attached hydrogens (tertiary/aromatic N) is 1. The third-order valence-electron chi connectivity index (χ3n) is 2.78. The Morgan fingerprint density at radius 3 is 3.06 bits per heavy atom. The molecule has 4 nitrogen and oxygen atoms in total. The maximum Gasteiger partial charge on any atom is 0.231 e. The van der Waals surface area contributed by atoms with Gasteiger partial charge < -0.3 is 15.4 Å². The first-order valence-corrected chi connectivity index (χ1v) is 5.45. The van der Waals surface area contributed by atoms with Crippen molar-refractivity contribution in [2.24, 2.45) is 5.73 Å². The Morgan fingerprint density at radius 2 is 2.31 bits per heavy atom. The van der Waals surface area contributed by atoms with E-state index in [0.717, 1.165) is 23.4 Å². The minimum Gasteiger partial charge on any atom is -0.493 e. The average molecular weight is 220 g/mol. The van der Waals surface area contributed by atoms with E-state index in [2.05, 4.69) is 0 Å². The van der Waals surface area contributed by atoms with Gasteiger partial charge in [0.25, 0.3) is 0 Å². The van der Waals surface area contributed by atoms with Crippen molar-refractivity contribution in [2.75, 3.05) is 25.1 Å². The van der Waals surface area contributed by atoms with Crippen LogP contribution in [0.1, 0.15) is 12.0 Å². The largest absolute Gasteiger partial charge is 0.493 e. The Kier molecular flexibility index (Phi) is 3.10. The molecule has 0 aliphatic carbocycles. The molecule has 16 heavy (non-hydrogen) atoms. The second-order valence-electron chi connectivity index (χ2n) is 3.87. The summed E-state index contributed by atoms with van der Waals surface area (Å²) in [6, 6.07) is 5.75. The van der Waals surface area contributed by atoms with Crippen LogP contribution in [0.15, 0.2) is 18.2 Å². The first kappa shape index (κ1) is 11.0. The highest BCUT2D eigenvalue weighted by atomic mass is 16.5. The number of fused-ring (bicyclic) bond motifs is 1. The van der Waals surface area contributed by atoms with Crippen LogP contribution in [-0.4, -0.2) is 26.1 Å². The highest BCUT2D eigenvalue weighted by Crippen LogP contribution is 2.34. The van der Waals surface area contributed by atoms with Crippen molar-refractivity contribution in [3.63, 3.8) is 0 Å². The summed E-state index contributed by atoms with van der Waals surface area (Å²) in [7, 11) is 1.79. The number of amides is 1. The van der Waals surface area contributed by atoms with Crippen LogP contribution in [0.25, 0.3) is 0 Å². The monoisotopic (exact) mass is 220 g/mol. The van der Waals surface area contributed by atoms with Gasteiger partial charge in [-0.25, -0.2) is 0 Å². The molecule has 0 radical (unpaired) electrons.